The fraction of sp³-hybridized carbons (Fsp3) is 0.130. The van der Waals surface area contributed by atoms with E-state index in [1.54, 1.807) is 6.20 Å². The maximum Gasteiger partial charge on any atom is 0.253 e. The van der Waals surface area contributed by atoms with Crippen molar-refractivity contribution < 1.29 is 14.3 Å². The van der Waals surface area contributed by atoms with Gasteiger partial charge in [0.2, 0.25) is 6.79 Å². The highest BCUT2D eigenvalue weighted by Gasteiger charge is 2.19. The average molecular weight is 370 g/mol. The third kappa shape index (κ3) is 2.72. The predicted octanol–water partition coefficient (Wildman–Crippen LogP) is 4.61. The molecule has 0 bridgehead atoms. The number of hydrogen-bond donors (Lipinski definition) is 1. The summed E-state index contributed by atoms with van der Waals surface area (Å²) in [5.74, 6) is 1.28. The van der Waals surface area contributed by atoms with Crippen LogP contribution in [0.2, 0.25) is 0 Å². The van der Waals surface area contributed by atoms with Crippen LogP contribution in [0.4, 0.5) is 0 Å². The van der Waals surface area contributed by atoms with Crippen LogP contribution in [-0.2, 0) is 0 Å². The van der Waals surface area contributed by atoms with Crippen molar-refractivity contribution in [1.29, 1.82) is 0 Å². The largest absolute Gasteiger partial charge is 0.454 e. The number of amides is 1. The van der Waals surface area contributed by atoms with Gasteiger partial charge in [0.05, 0.1) is 17.1 Å². The normalized spacial score (nSPS) is 13.6. The van der Waals surface area contributed by atoms with Crippen molar-refractivity contribution in [3.05, 3.63) is 78.0 Å². The summed E-state index contributed by atoms with van der Waals surface area (Å²) in [5.41, 5.74) is 2.23. The van der Waals surface area contributed by atoms with Crippen molar-refractivity contribution in [2.24, 2.45) is 0 Å². The van der Waals surface area contributed by atoms with E-state index in [4.69, 9.17) is 9.47 Å². The number of benzene rings is 3. The molecule has 138 valence electrons. The Kier molecular flexibility index (Phi) is 3.86. The first-order chi connectivity index (χ1) is 13.7. The Bertz CT molecular complexity index is 1220. The van der Waals surface area contributed by atoms with Crippen molar-refractivity contribution in [2.75, 3.05) is 6.79 Å². The molecule has 0 aliphatic carbocycles. The van der Waals surface area contributed by atoms with Gasteiger partial charge in [-0.1, -0.05) is 36.4 Å². The molecule has 1 unspecified atom stereocenters. The Morgan fingerprint density at radius 1 is 1.00 bits per heavy atom. The van der Waals surface area contributed by atoms with E-state index in [1.807, 2.05) is 61.5 Å². The third-order valence-corrected chi connectivity index (χ3v) is 5.10. The van der Waals surface area contributed by atoms with E-state index >= 15 is 0 Å². The molecule has 0 radical (unpaired) electrons. The van der Waals surface area contributed by atoms with Crippen LogP contribution in [0, 0.1) is 0 Å². The minimum Gasteiger partial charge on any atom is -0.454 e. The number of hydrogen-bond acceptors (Lipinski definition) is 4. The topological polar surface area (TPSA) is 60.5 Å². The number of nitrogens with one attached hydrogen (secondary N) is 1. The summed E-state index contributed by atoms with van der Waals surface area (Å²) in [6.07, 6.45) is 1.72. The molecule has 4 aromatic rings. The smallest absolute Gasteiger partial charge is 0.253 e. The highest BCUT2D eigenvalue weighted by atomic mass is 16.7. The van der Waals surface area contributed by atoms with Gasteiger partial charge in [0, 0.05) is 11.6 Å². The average Bonchev–Trinajstić information content (AvgIpc) is 3.21. The van der Waals surface area contributed by atoms with Gasteiger partial charge in [-0.25, -0.2) is 0 Å². The van der Waals surface area contributed by atoms with Gasteiger partial charge in [-0.05, 0) is 47.5 Å². The van der Waals surface area contributed by atoms with Gasteiger partial charge in [0.25, 0.3) is 5.91 Å². The molecule has 5 heteroatoms. The van der Waals surface area contributed by atoms with Gasteiger partial charge in [-0.3, -0.25) is 9.78 Å². The minimum atomic E-state index is -0.188. The first kappa shape index (κ1) is 16.6. The first-order valence-corrected chi connectivity index (χ1v) is 9.17. The second kappa shape index (κ2) is 6.53. The minimum absolute atomic E-state index is 0.153. The van der Waals surface area contributed by atoms with Gasteiger partial charge in [-0.2, -0.15) is 0 Å². The molecule has 1 aromatic heterocycles. The van der Waals surface area contributed by atoms with Gasteiger partial charge in [-0.15, -0.1) is 0 Å². The second-order valence-corrected chi connectivity index (χ2v) is 6.85. The highest BCUT2D eigenvalue weighted by molar-refractivity contribution is 6.15. The van der Waals surface area contributed by atoms with Gasteiger partial charge in [0.15, 0.2) is 11.5 Å². The summed E-state index contributed by atoms with van der Waals surface area (Å²) in [7, 11) is 0. The van der Waals surface area contributed by atoms with Crippen LogP contribution >= 0.6 is 0 Å². The number of fused-ring (bicyclic) bond motifs is 4. The molecule has 0 fully saturated rings. The summed E-state index contributed by atoms with van der Waals surface area (Å²) < 4.78 is 10.8. The molecular weight excluding hydrogens is 352 g/mol. The molecule has 0 spiro atoms. The summed E-state index contributed by atoms with van der Waals surface area (Å²) in [6.45, 7) is 2.18. The second-order valence-electron chi connectivity index (χ2n) is 6.85. The Morgan fingerprint density at radius 3 is 2.75 bits per heavy atom. The molecule has 0 saturated carbocycles. The van der Waals surface area contributed by atoms with Crippen LogP contribution in [0.1, 0.15) is 28.9 Å². The molecule has 1 aliphatic rings. The Hall–Kier alpha value is -3.60. The summed E-state index contributed by atoms with van der Waals surface area (Å²) in [4.78, 5) is 17.6. The Morgan fingerprint density at radius 2 is 1.82 bits per heavy atom. The number of carbonyl (C=O) groups is 1. The van der Waals surface area contributed by atoms with E-state index in [1.165, 1.54) is 0 Å². The van der Waals surface area contributed by atoms with Crippen LogP contribution < -0.4 is 14.8 Å². The molecule has 3 aromatic carbocycles. The zero-order valence-corrected chi connectivity index (χ0v) is 15.3. The highest BCUT2D eigenvalue weighted by Crippen LogP contribution is 2.34. The van der Waals surface area contributed by atoms with Crippen molar-refractivity contribution in [2.45, 2.75) is 13.0 Å². The molecule has 5 nitrogen and oxygen atoms in total. The molecular formula is C23H18N2O3. The van der Waals surface area contributed by atoms with Crippen LogP contribution in [0.15, 0.2) is 66.9 Å². The fourth-order valence-corrected chi connectivity index (χ4v) is 3.64. The van der Waals surface area contributed by atoms with E-state index in [0.717, 1.165) is 27.5 Å². The molecule has 5 rings (SSSR count). The molecule has 1 N–H and O–H groups in total. The van der Waals surface area contributed by atoms with Crippen molar-refractivity contribution >= 4 is 27.6 Å². The number of rotatable bonds is 3. The van der Waals surface area contributed by atoms with Crippen molar-refractivity contribution in [3.8, 4) is 11.5 Å². The van der Waals surface area contributed by atoms with E-state index < -0.39 is 0 Å². The monoisotopic (exact) mass is 370 g/mol. The van der Waals surface area contributed by atoms with E-state index in [-0.39, 0.29) is 18.7 Å². The van der Waals surface area contributed by atoms with Crippen molar-refractivity contribution in [3.63, 3.8) is 0 Å². The summed E-state index contributed by atoms with van der Waals surface area (Å²) >= 11 is 0. The standard InChI is InChI=1S/C23H18N2O3/c1-14(15-8-9-20-21(12-15)28-13-27-20)25-23(26)19-11-16-5-2-3-6-17(16)18-7-4-10-24-22(18)19/h2-12,14H,13H2,1H3,(H,25,26). The van der Waals surface area contributed by atoms with Gasteiger partial charge in [0.1, 0.15) is 0 Å². The zero-order chi connectivity index (χ0) is 19.1. The zero-order valence-electron chi connectivity index (χ0n) is 15.3. The number of pyridine rings is 1. The van der Waals surface area contributed by atoms with E-state index in [9.17, 15) is 4.79 Å². The fourth-order valence-electron chi connectivity index (χ4n) is 3.64. The summed E-state index contributed by atoms with van der Waals surface area (Å²) in [5, 5.41) is 6.17. The molecule has 2 heterocycles. The van der Waals surface area contributed by atoms with Crippen LogP contribution in [0.5, 0.6) is 11.5 Å². The molecule has 1 aliphatic heterocycles. The lowest BCUT2D eigenvalue weighted by Gasteiger charge is -2.16. The lowest BCUT2D eigenvalue weighted by molar-refractivity contribution is 0.0941. The van der Waals surface area contributed by atoms with Crippen molar-refractivity contribution in [1.82, 2.24) is 10.3 Å². The quantitative estimate of drug-likeness (QED) is 0.535. The molecule has 1 atom stereocenters. The maximum atomic E-state index is 13.1. The summed E-state index contributed by atoms with van der Waals surface area (Å²) in [6, 6.07) is 19.4. The Balaban J connectivity index is 1.51. The van der Waals surface area contributed by atoms with Crippen LogP contribution in [0.3, 0.4) is 0 Å². The SMILES string of the molecule is CC(NC(=O)c1cc2ccccc2c2cccnc12)c1ccc2c(c1)OCO2. The van der Waals surface area contributed by atoms with E-state index in [2.05, 4.69) is 16.4 Å². The van der Waals surface area contributed by atoms with Gasteiger partial charge < -0.3 is 14.8 Å². The lowest BCUT2D eigenvalue weighted by atomic mass is 10.00. The van der Waals surface area contributed by atoms with Crippen LogP contribution in [-0.4, -0.2) is 17.7 Å². The number of aromatic nitrogens is 1. The molecule has 1 amide bonds. The molecule has 28 heavy (non-hydrogen) atoms. The number of ether oxygens (including phenoxy) is 2. The predicted molar refractivity (Wildman–Crippen MR) is 108 cm³/mol. The first-order valence-electron chi connectivity index (χ1n) is 9.17. The van der Waals surface area contributed by atoms with Crippen LogP contribution in [0.25, 0.3) is 21.7 Å². The van der Waals surface area contributed by atoms with E-state index in [0.29, 0.717) is 16.8 Å². The Labute approximate surface area is 161 Å². The maximum absolute atomic E-state index is 13.1. The third-order valence-electron chi connectivity index (χ3n) is 5.10. The molecule has 0 saturated heterocycles. The number of carbonyl (C=O) groups excluding carboxylic acids is 1. The van der Waals surface area contributed by atoms with Gasteiger partial charge >= 0.3 is 0 Å². The number of nitrogens with zero attached hydrogens (tertiary/aromatic N) is 1. The lowest BCUT2D eigenvalue weighted by Crippen LogP contribution is -2.27.